The summed E-state index contributed by atoms with van der Waals surface area (Å²) >= 11 is 0. The first-order valence-electron chi connectivity index (χ1n) is 1.58. The highest BCUT2D eigenvalue weighted by Gasteiger charge is 1.60. The second kappa shape index (κ2) is 10.6. The molecule has 1 aromatic heterocycles. The highest BCUT2D eigenvalue weighted by atomic mass is 31.0. The van der Waals surface area contributed by atoms with Crippen LogP contribution in [0.15, 0.2) is 18.5 Å². The summed E-state index contributed by atoms with van der Waals surface area (Å²) in [6.07, 6.45) is 3.15. The van der Waals surface area contributed by atoms with Crippen molar-refractivity contribution in [2.45, 2.75) is 0 Å². The molecule has 0 fully saturated rings. The molecule has 0 amide bonds. The molecule has 0 aliphatic rings. The van der Waals surface area contributed by atoms with Gasteiger partial charge in [-0.3, -0.25) is 0 Å². The minimum Gasteiger partial charge on any atom is -0.344 e. The van der Waals surface area contributed by atoms with Gasteiger partial charge in [0, 0.05) is 0 Å². The smallest absolute Gasteiger partial charge is 0.0529 e. The molecule has 0 spiro atoms. The minimum absolute atomic E-state index is 0. The molecule has 54 valence electrons. The molecule has 1 aromatic rings. The molecule has 6 heteroatoms. The van der Waals surface area contributed by atoms with Crippen molar-refractivity contribution in [1.82, 2.24) is 21.6 Å². The van der Waals surface area contributed by atoms with Crippen molar-refractivity contribution in [1.29, 1.82) is 0 Å². The molecule has 1 unspecified atom stereocenters. The van der Waals surface area contributed by atoms with Crippen molar-refractivity contribution in [2.24, 2.45) is 0 Å². The van der Waals surface area contributed by atoms with E-state index < -0.39 is 0 Å². The van der Waals surface area contributed by atoms with Crippen molar-refractivity contribution < 1.29 is 0 Å². The van der Waals surface area contributed by atoms with E-state index in [1.54, 1.807) is 18.5 Å². The van der Waals surface area contributed by atoms with Crippen molar-refractivity contribution >= 4 is 20.9 Å². The van der Waals surface area contributed by atoms with E-state index >= 15 is 0 Å². The highest BCUT2D eigenvalue weighted by molar-refractivity contribution is 6.92. The Hall–Kier alpha value is -0.383. The first kappa shape index (κ1) is 15.8. The van der Waals surface area contributed by atoms with Gasteiger partial charge in [-0.2, -0.15) is 9.90 Å². The molecule has 1 rings (SSSR count). The lowest BCUT2D eigenvalue weighted by Gasteiger charge is -1.68. The van der Waals surface area contributed by atoms with Crippen LogP contribution >= 0.6 is 9.90 Å². The van der Waals surface area contributed by atoms with Crippen LogP contribution < -0.4 is 6.15 Å². The third-order valence-electron chi connectivity index (χ3n) is 0.409. The van der Waals surface area contributed by atoms with Crippen LogP contribution in [0, 0.1) is 0 Å². The largest absolute Gasteiger partial charge is 0.344 e. The van der Waals surface area contributed by atoms with Gasteiger partial charge in [0.1, 0.15) is 0 Å². The summed E-state index contributed by atoms with van der Waals surface area (Å²) in [6, 6.07) is 1.72. The zero-order valence-corrected chi connectivity index (χ0v) is 5.90. The maximum Gasteiger partial charge on any atom is 0.0529 e. The molecule has 1 atom stereocenters. The summed E-state index contributed by atoms with van der Waals surface area (Å²) in [5.74, 6) is 0. The summed E-state index contributed by atoms with van der Waals surface area (Å²) in [5.41, 5.74) is 0. The van der Waals surface area contributed by atoms with Crippen molar-refractivity contribution in [2.75, 3.05) is 0 Å². The molecule has 0 bridgehead atoms. The van der Waals surface area contributed by atoms with Crippen molar-refractivity contribution in [3.8, 4) is 0 Å². The fourth-order valence-electron chi connectivity index (χ4n) is 0.205. The first-order valence-corrected chi connectivity index (χ1v) is 1.58. The summed E-state index contributed by atoms with van der Waals surface area (Å²) in [6.45, 7) is 0. The molecule has 0 aromatic carbocycles. The number of nitrogens with zero attached hydrogens (tertiary/aromatic N) is 3. The summed E-state index contributed by atoms with van der Waals surface area (Å²) in [4.78, 5) is 0. The van der Waals surface area contributed by atoms with Crippen LogP contribution in [-0.4, -0.2) is 26.4 Å². The molecule has 0 aliphatic heterocycles. The Balaban J connectivity index is -0.000000120. The van der Waals surface area contributed by atoms with E-state index in [4.69, 9.17) is 0 Å². The van der Waals surface area contributed by atoms with Crippen molar-refractivity contribution in [3.05, 3.63) is 18.5 Å². The molecule has 4 nitrogen and oxygen atoms in total. The van der Waals surface area contributed by atoms with E-state index in [9.17, 15) is 0 Å². The van der Waals surface area contributed by atoms with Gasteiger partial charge in [0.15, 0.2) is 0 Å². The van der Waals surface area contributed by atoms with Gasteiger partial charge in [0.25, 0.3) is 0 Å². The Morgan fingerprint density at radius 3 is 1.56 bits per heavy atom. The van der Waals surface area contributed by atoms with Gasteiger partial charge in [-0.15, -0.1) is 10.2 Å². The SMILES string of the molecule is N.P.[SiH4].c1cnnnc1. The van der Waals surface area contributed by atoms with Crippen LogP contribution in [-0.2, 0) is 0 Å². The zero-order chi connectivity index (χ0) is 4.24. The highest BCUT2D eigenvalue weighted by Crippen LogP contribution is 1.61. The summed E-state index contributed by atoms with van der Waals surface area (Å²) < 4.78 is 0. The lowest BCUT2D eigenvalue weighted by molar-refractivity contribution is 0.865. The Bertz CT molecular complexity index is 87.7. The van der Waals surface area contributed by atoms with Crippen LogP contribution in [0.5, 0.6) is 0 Å². The minimum atomic E-state index is 0. The monoisotopic (exact) mass is 164 g/mol. The predicted molar refractivity (Wildman–Crippen MR) is 47.3 cm³/mol. The average molecular weight is 164 g/mol. The van der Waals surface area contributed by atoms with Gasteiger partial charge >= 0.3 is 0 Å². The van der Waals surface area contributed by atoms with Gasteiger partial charge in [-0.25, -0.2) is 0 Å². The lowest BCUT2D eigenvalue weighted by Crippen LogP contribution is -1.78. The maximum absolute atomic E-state index is 3.42. The standard InChI is InChI=1S/C3H3N3.H3N.H3P.H4Si/c1-2-4-6-5-3-1;;;/h1-3H;2*1H3;1H4. The van der Waals surface area contributed by atoms with Gasteiger partial charge in [0.05, 0.1) is 12.4 Å². The Morgan fingerprint density at radius 1 is 1.00 bits per heavy atom. The number of hydrogen-bond donors (Lipinski definition) is 1. The molecule has 0 saturated carbocycles. The molecule has 3 N–H and O–H groups in total. The third kappa shape index (κ3) is 7.62. The van der Waals surface area contributed by atoms with E-state index in [-0.39, 0.29) is 27.0 Å². The fourth-order valence-corrected chi connectivity index (χ4v) is 0.205. The molecule has 9 heavy (non-hydrogen) atoms. The topological polar surface area (TPSA) is 73.7 Å². The van der Waals surface area contributed by atoms with E-state index in [1.807, 2.05) is 0 Å². The third-order valence-corrected chi connectivity index (χ3v) is 0.409. The number of aromatic nitrogens is 3. The second-order valence-corrected chi connectivity index (χ2v) is 0.811. The molecule has 1 heterocycles. The normalized spacial score (nSPS) is 5.33. The summed E-state index contributed by atoms with van der Waals surface area (Å²) in [7, 11) is 0. The molecular weight excluding hydrogens is 151 g/mol. The van der Waals surface area contributed by atoms with Crippen LogP contribution in [0.1, 0.15) is 0 Å². The Kier molecular flexibility index (Phi) is 18.6. The van der Waals surface area contributed by atoms with Crippen LogP contribution in [0.4, 0.5) is 0 Å². The number of rotatable bonds is 0. The fraction of sp³-hybridized carbons (Fsp3) is 0. The van der Waals surface area contributed by atoms with Gasteiger partial charge < -0.3 is 6.15 Å². The van der Waals surface area contributed by atoms with Gasteiger partial charge in [-0.05, 0) is 22.2 Å². The van der Waals surface area contributed by atoms with E-state index in [0.29, 0.717) is 0 Å². The quantitative estimate of drug-likeness (QED) is 0.379. The van der Waals surface area contributed by atoms with Gasteiger partial charge in [0.2, 0.25) is 0 Å². The molecular formula is C3H13N4PSi. The van der Waals surface area contributed by atoms with E-state index in [1.165, 1.54) is 0 Å². The second-order valence-electron chi connectivity index (χ2n) is 0.811. The first-order chi connectivity index (χ1) is 3.00. The average Bonchev–Trinajstić information content (AvgIpc) is 1.72. The molecule has 0 saturated heterocycles. The maximum atomic E-state index is 3.42. The van der Waals surface area contributed by atoms with Crippen LogP contribution in [0.3, 0.4) is 0 Å². The van der Waals surface area contributed by atoms with Crippen LogP contribution in [0.2, 0.25) is 0 Å². The number of hydrogen-bond acceptors (Lipinski definition) is 4. The summed E-state index contributed by atoms with van der Waals surface area (Å²) in [5, 5.41) is 10.1. The van der Waals surface area contributed by atoms with E-state index in [2.05, 4.69) is 15.4 Å². The van der Waals surface area contributed by atoms with Gasteiger partial charge in [-0.1, -0.05) is 0 Å². The lowest BCUT2D eigenvalue weighted by atomic mass is 10.7. The van der Waals surface area contributed by atoms with Crippen LogP contribution in [0.25, 0.3) is 0 Å². The Morgan fingerprint density at radius 2 is 1.44 bits per heavy atom. The predicted octanol–water partition coefficient (Wildman–Crippen LogP) is -1.36. The molecule has 0 aliphatic carbocycles. The molecule has 0 radical (unpaired) electrons. The zero-order valence-electron chi connectivity index (χ0n) is 4.49. The van der Waals surface area contributed by atoms with E-state index in [0.717, 1.165) is 0 Å². The Labute approximate surface area is 61.7 Å². The van der Waals surface area contributed by atoms with Crippen molar-refractivity contribution in [3.63, 3.8) is 0 Å².